The summed E-state index contributed by atoms with van der Waals surface area (Å²) in [5.41, 5.74) is 1.28. The van der Waals surface area contributed by atoms with E-state index in [4.69, 9.17) is 27.6 Å². The second-order valence-corrected chi connectivity index (χ2v) is 10.4. The van der Waals surface area contributed by atoms with E-state index in [1.165, 1.54) is 0 Å². The SMILES string of the molecule is O=C(c1cccc(Cl)c1)N(Cc1ccc(-c2ccc(Cl)cc2)o1)[C@H]1CCS(=O)(=O)C1. The Hall–Kier alpha value is -2.28. The number of halogens is 2. The number of hydrogen-bond acceptors (Lipinski definition) is 4. The van der Waals surface area contributed by atoms with E-state index in [-0.39, 0.29) is 24.0 Å². The second kappa shape index (κ2) is 8.46. The Morgan fingerprint density at radius 3 is 2.47 bits per heavy atom. The lowest BCUT2D eigenvalue weighted by atomic mass is 10.1. The summed E-state index contributed by atoms with van der Waals surface area (Å²) in [6.45, 7) is 0.166. The van der Waals surface area contributed by atoms with E-state index < -0.39 is 15.9 Å². The molecule has 0 spiro atoms. The topological polar surface area (TPSA) is 67.6 Å². The van der Waals surface area contributed by atoms with Crippen molar-refractivity contribution in [2.45, 2.75) is 19.0 Å². The third-order valence-corrected chi connectivity index (χ3v) is 7.34. The highest BCUT2D eigenvalue weighted by Crippen LogP contribution is 2.27. The molecule has 8 heteroatoms. The van der Waals surface area contributed by atoms with Crippen molar-refractivity contribution in [3.63, 3.8) is 0 Å². The first-order valence-electron chi connectivity index (χ1n) is 9.42. The molecular formula is C22H19Cl2NO4S. The molecule has 1 aromatic heterocycles. The Labute approximate surface area is 185 Å². The fourth-order valence-corrected chi connectivity index (χ4v) is 5.62. The summed E-state index contributed by atoms with van der Waals surface area (Å²) in [6, 6.07) is 17.1. The summed E-state index contributed by atoms with van der Waals surface area (Å²) < 4.78 is 30.0. The van der Waals surface area contributed by atoms with Gasteiger partial charge in [-0.15, -0.1) is 0 Å². The Kier molecular flexibility index (Phi) is 5.91. The number of hydrogen-bond donors (Lipinski definition) is 0. The van der Waals surface area contributed by atoms with Gasteiger partial charge in [-0.2, -0.15) is 0 Å². The van der Waals surface area contributed by atoms with Crippen LogP contribution in [0.5, 0.6) is 0 Å². The van der Waals surface area contributed by atoms with Gasteiger partial charge in [0.1, 0.15) is 11.5 Å². The third-order valence-electron chi connectivity index (χ3n) is 5.10. The quantitative estimate of drug-likeness (QED) is 0.528. The Balaban J connectivity index is 1.62. The van der Waals surface area contributed by atoms with Crippen LogP contribution in [-0.2, 0) is 16.4 Å². The number of sulfone groups is 1. The largest absolute Gasteiger partial charge is 0.459 e. The Bertz CT molecular complexity index is 1170. The molecule has 0 bridgehead atoms. The van der Waals surface area contributed by atoms with Crippen molar-refractivity contribution in [3.05, 3.63) is 82.0 Å². The predicted molar refractivity (Wildman–Crippen MR) is 118 cm³/mol. The van der Waals surface area contributed by atoms with Gasteiger partial charge in [0, 0.05) is 27.2 Å². The van der Waals surface area contributed by atoms with E-state index >= 15 is 0 Å². The van der Waals surface area contributed by atoms with Gasteiger partial charge >= 0.3 is 0 Å². The van der Waals surface area contributed by atoms with E-state index in [1.807, 2.05) is 18.2 Å². The maximum Gasteiger partial charge on any atom is 0.254 e. The minimum Gasteiger partial charge on any atom is -0.459 e. The first-order valence-corrected chi connectivity index (χ1v) is 12.0. The van der Waals surface area contributed by atoms with Crippen LogP contribution < -0.4 is 0 Å². The minimum absolute atomic E-state index is 0.0515. The molecule has 0 N–H and O–H groups in total. The fraction of sp³-hybridized carbons (Fsp3) is 0.227. The Morgan fingerprint density at radius 2 is 1.80 bits per heavy atom. The molecule has 1 amide bonds. The molecule has 30 heavy (non-hydrogen) atoms. The molecule has 3 aromatic rings. The van der Waals surface area contributed by atoms with Crippen molar-refractivity contribution >= 4 is 38.9 Å². The molecule has 156 valence electrons. The highest BCUT2D eigenvalue weighted by Gasteiger charge is 2.35. The number of carbonyl (C=O) groups is 1. The zero-order valence-electron chi connectivity index (χ0n) is 15.9. The van der Waals surface area contributed by atoms with Crippen LogP contribution in [0.4, 0.5) is 0 Å². The molecule has 5 nitrogen and oxygen atoms in total. The summed E-state index contributed by atoms with van der Waals surface area (Å²) in [4.78, 5) is 14.8. The molecule has 2 aromatic carbocycles. The predicted octanol–water partition coefficient (Wildman–Crippen LogP) is 5.08. The van der Waals surface area contributed by atoms with Gasteiger partial charge in [-0.1, -0.05) is 29.3 Å². The maximum absolute atomic E-state index is 13.2. The lowest BCUT2D eigenvalue weighted by Crippen LogP contribution is -2.40. The van der Waals surface area contributed by atoms with Crippen LogP contribution in [-0.4, -0.2) is 36.8 Å². The van der Waals surface area contributed by atoms with Crippen LogP contribution in [0.25, 0.3) is 11.3 Å². The summed E-state index contributed by atoms with van der Waals surface area (Å²) in [6.07, 6.45) is 0.402. The van der Waals surface area contributed by atoms with Gasteiger partial charge in [-0.05, 0) is 61.0 Å². The van der Waals surface area contributed by atoms with Crippen LogP contribution in [0.2, 0.25) is 10.0 Å². The highest BCUT2D eigenvalue weighted by atomic mass is 35.5. The molecule has 1 aliphatic heterocycles. The van der Waals surface area contributed by atoms with Crippen LogP contribution >= 0.6 is 23.2 Å². The standard InChI is InChI=1S/C22H19Cl2NO4S/c23-17-6-4-15(5-7-17)21-9-8-20(29-21)13-25(19-10-11-30(27,28)14-19)22(26)16-2-1-3-18(24)12-16/h1-9,12,19H,10-11,13-14H2/t19-/m0/s1. The van der Waals surface area contributed by atoms with Crippen LogP contribution in [0, 0.1) is 0 Å². The third kappa shape index (κ3) is 4.72. The molecule has 1 fully saturated rings. The molecule has 2 heterocycles. The molecule has 0 aliphatic carbocycles. The van der Waals surface area contributed by atoms with Gasteiger partial charge in [-0.25, -0.2) is 8.42 Å². The van der Waals surface area contributed by atoms with Crippen LogP contribution in [0.1, 0.15) is 22.5 Å². The van der Waals surface area contributed by atoms with E-state index in [9.17, 15) is 13.2 Å². The number of carbonyl (C=O) groups excluding carboxylic acids is 1. The number of rotatable bonds is 5. The molecule has 4 rings (SSSR count). The average Bonchev–Trinajstić information content (AvgIpc) is 3.32. The minimum atomic E-state index is -3.16. The van der Waals surface area contributed by atoms with Crippen LogP contribution in [0.15, 0.2) is 65.1 Å². The molecule has 1 saturated heterocycles. The summed E-state index contributed by atoms with van der Waals surface area (Å²) in [7, 11) is -3.16. The van der Waals surface area contributed by atoms with Gasteiger partial charge in [-0.3, -0.25) is 4.79 Å². The van der Waals surface area contributed by atoms with Crippen molar-refractivity contribution in [1.29, 1.82) is 0 Å². The highest BCUT2D eigenvalue weighted by molar-refractivity contribution is 7.91. The first-order chi connectivity index (χ1) is 14.3. The van der Waals surface area contributed by atoms with E-state index in [0.29, 0.717) is 33.6 Å². The molecule has 0 saturated carbocycles. The smallest absolute Gasteiger partial charge is 0.254 e. The van der Waals surface area contributed by atoms with Crippen LogP contribution in [0.3, 0.4) is 0 Å². The van der Waals surface area contributed by atoms with Gasteiger partial charge < -0.3 is 9.32 Å². The number of benzene rings is 2. The zero-order valence-corrected chi connectivity index (χ0v) is 18.3. The summed E-state index contributed by atoms with van der Waals surface area (Å²) >= 11 is 12.0. The summed E-state index contributed by atoms with van der Waals surface area (Å²) in [5.74, 6) is 0.967. The van der Waals surface area contributed by atoms with Crippen molar-refractivity contribution < 1.29 is 17.6 Å². The maximum atomic E-state index is 13.2. The monoisotopic (exact) mass is 463 g/mol. The van der Waals surface area contributed by atoms with E-state index in [0.717, 1.165) is 5.56 Å². The lowest BCUT2D eigenvalue weighted by molar-refractivity contribution is 0.0666. The summed E-state index contributed by atoms with van der Waals surface area (Å²) in [5, 5.41) is 1.08. The van der Waals surface area contributed by atoms with E-state index in [1.54, 1.807) is 47.4 Å². The molecular weight excluding hydrogens is 445 g/mol. The van der Waals surface area contributed by atoms with E-state index in [2.05, 4.69) is 0 Å². The van der Waals surface area contributed by atoms with Crippen molar-refractivity contribution in [2.75, 3.05) is 11.5 Å². The molecule has 1 atom stereocenters. The zero-order chi connectivity index (χ0) is 21.3. The normalized spacial score (nSPS) is 17.7. The molecule has 0 unspecified atom stereocenters. The number of furan rings is 1. The number of nitrogens with zero attached hydrogens (tertiary/aromatic N) is 1. The molecule has 1 aliphatic rings. The average molecular weight is 464 g/mol. The van der Waals surface area contributed by atoms with Crippen molar-refractivity contribution in [3.8, 4) is 11.3 Å². The number of amides is 1. The van der Waals surface area contributed by atoms with Gasteiger partial charge in [0.05, 0.1) is 18.1 Å². The van der Waals surface area contributed by atoms with Crippen molar-refractivity contribution in [1.82, 2.24) is 4.90 Å². The lowest BCUT2D eigenvalue weighted by Gasteiger charge is -2.27. The second-order valence-electron chi connectivity index (χ2n) is 7.27. The van der Waals surface area contributed by atoms with Gasteiger partial charge in [0.25, 0.3) is 5.91 Å². The van der Waals surface area contributed by atoms with Gasteiger partial charge in [0.2, 0.25) is 0 Å². The first kappa shape index (κ1) is 21.0. The fourth-order valence-electron chi connectivity index (χ4n) is 3.58. The Morgan fingerprint density at radius 1 is 1.03 bits per heavy atom. The van der Waals surface area contributed by atoms with Crippen molar-refractivity contribution in [2.24, 2.45) is 0 Å². The molecule has 0 radical (unpaired) electrons. The van der Waals surface area contributed by atoms with Gasteiger partial charge in [0.15, 0.2) is 9.84 Å².